The van der Waals surface area contributed by atoms with Gasteiger partial charge in [-0.2, -0.15) is 0 Å². The standard InChI is InChI=1S/C17H21N5O2/c18-11-21-16(19)17-20-8-14(22-17)15-7-6-13(24-15)10-23-9-12-4-2-1-3-5-12/h1-5,8,11,13,15H,6-7,9-10H2,(H,20,22)(H3,18,19,21)/t13-,15+/m0/s1. The molecule has 3 rings (SSSR count). The quantitative estimate of drug-likeness (QED) is 0.558. The zero-order valence-corrected chi connectivity index (χ0v) is 13.3. The first-order chi connectivity index (χ1) is 11.8. The summed E-state index contributed by atoms with van der Waals surface area (Å²) in [6.45, 7) is 1.16. The van der Waals surface area contributed by atoms with Crippen LogP contribution in [0, 0.1) is 5.41 Å². The lowest BCUT2D eigenvalue weighted by molar-refractivity contribution is -0.0215. The number of hydrogen-bond acceptors (Lipinski definition) is 4. The number of aliphatic imine (C=N–C) groups is 1. The van der Waals surface area contributed by atoms with Crippen molar-refractivity contribution in [2.45, 2.75) is 31.7 Å². The van der Waals surface area contributed by atoms with Gasteiger partial charge in [0.2, 0.25) is 0 Å². The lowest BCUT2D eigenvalue weighted by atomic mass is 10.1. The maximum absolute atomic E-state index is 7.69. The van der Waals surface area contributed by atoms with E-state index in [9.17, 15) is 0 Å². The molecule has 0 bridgehead atoms. The fourth-order valence-corrected chi connectivity index (χ4v) is 2.69. The molecular formula is C17H21N5O2. The van der Waals surface area contributed by atoms with E-state index in [4.69, 9.17) is 20.6 Å². The molecule has 2 atom stereocenters. The molecule has 1 fully saturated rings. The normalized spacial score (nSPS) is 20.7. The molecular weight excluding hydrogens is 306 g/mol. The van der Waals surface area contributed by atoms with Crippen molar-refractivity contribution in [2.24, 2.45) is 10.7 Å². The van der Waals surface area contributed by atoms with E-state index in [1.165, 1.54) is 0 Å². The van der Waals surface area contributed by atoms with Crippen molar-refractivity contribution < 1.29 is 9.47 Å². The van der Waals surface area contributed by atoms with Gasteiger partial charge in [-0.05, 0) is 18.4 Å². The Morgan fingerprint density at radius 2 is 2.25 bits per heavy atom. The van der Waals surface area contributed by atoms with Gasteiger partial charge >= 0.3 is 0 Å². The average Bonchev–Trinajstić information content (AvgIpc) is 3.25. The molecule has 1 aliphatic heterocycles. The average molecular weight is 327 g/mol. The van der Waals surface area contributed by atoms with Gasteiger partial charge in [0.05, 0.1) is 43.7 Å². The van der Waals surface area contributed by atoms with Crippen molar-refractivity contribution >= 4 is 12.2 Å². The summed E-state index contributed by atoms with van der Waals surface area (Å²) in [6, 6.07) is 10.1. The van der Waals surface area contributed by atoms with Crippen molar-refractivity contribution in [1.82, 2.24) is 9.97 Å². The van der Waals surface area contributed by atoms with Crippen LogP contribution in [0.15, 0.2) is 41.5 Å². The molecule has 2 aromatic rings. The predicted octanol–water partition coefficient (Wildman–Crippen LogP) is 2.16. The Morgan fingerprint density at radius 1 is 1.42 bits per heavy atom. The third-order valence-electron chi connectivity index (χ3n) is 3.89. The highest BCUT2D eigenvalue weighted by Gasteiger charge is 2.28. The van der Waals surface area contributed by atoms with Crippen LogP contribution in [0.4, 0.5) is 0 Å². The van der Waals surface area contributed by atoms with Crippen molar-refractivity contribution in [3.8, 4) is 0 Å². The topological polar surface area (TPSA) is 109 Å². The smallest absolute Gasteiger partial charge is 0.189 e. The van der Waals surface area contributed by atoms with Crippen LogP contribution in [0.1, 0.15) is 36.0 Å². The summed E-state index contributed by atoms with van der Waals surface area (Å²) in [5.41, 5.74) is 7.20. The fourth-order valence-electron chi connectivity index (χ4n) is 2.69. The predicted molar refractivity (Wildman–Crippen MR) is 91.0 cm³/mol. The lowest BCUT2D eigenvalue weighted by Gasteiger charge is -2.13. The Kier molecular flexibility index (Phi) is 5.35. The number of nitrogens with two attached hydrogens (primary N) is 1. The van der Waals surface area contributed by atoms with Gasteiger partial charge in [-0.3, -0.25) is 5.41 Å². The molecule has 1 aromatic heterocycles. The van der Waals surface area contributed by atoms with Gasteiger partial charge in [0, 0.05) is 0 Å². The van der Waals surface area contributed by atoms with Gasteiger partial charge in [0.15, 0.2) is 11.7 Å². The number of nitrogens with one attached hydrogen (secondary N) is 2. The summed E-state index contributed by atoms with van der Waals surface area (Å²) in [5.74, 6) is 0.392. The van der Waals surface area contributed by atoms with Crippen LogP contribution in [0.3, 0.4) is 0 Å². The van der Waals surface area contributed by atoms with E-state index >= 15 is 0 Å². The molecule has 1 aromatic carbocycles. The molecule has 126 valence electrons. The van der Waals surface area contributed by atoms with Gasteiger partial charge in [-0.1, -0.05) is 30.3 Å². The molecule has 4 N–H and O–H groups in total. The minimum atomic E-state index is -0.0498. The molecule has 1 saturated heterocycles. The Hall–Kier alpha value is -2.51. The number of aromatic amines is 1. The Labute approximate surface area is 140 Å². The van der Waals surface area contributed by atoms with Crippen molar-refractivity contribution in [1.29, 1.82) is 5.41 Å². The third kappa shape index (κ3) is 4.06. The van der Waals surface area contributed by atoms with Gasteiger partial charge < -0.3 is 20.2 Å². The van der Waals surface area contributed by atoms with Gasteiger partial charge in [0.1, 0.15) is 0 Å². The van der Waals surface area contributed by atoms with Crippen LogP contribution in [0.25, 0.3) is 0 Å². The number of aromatic nitrogens is 2. The number of rotatable bonds is 6. The minimum Gasteiger partial charge on any atom is -0.390 e. The van der Waals surface area contributed by atoms with E-state index < -0.39 is 0 Å². The molecule has 0 aliphatic carbocycles. The monoisotopic (exact) mass is 327 g/mol. The number of benzene rings is 1. The third-order valence-corrected chi connectivity index (χ3v) is 3.89. The maximum Gasteiger partial charge on any atom is 0.189 e. The first-order valence-electron chi connectivity index (χ1n) is 7.91. The molecule has 7 nitrogen and oxygen atoms in total. The Morgan fingerprint density at radius 3 is 3.04 bits per heavy atom. The van der Waals surface area contributed by atoms with Crippen LogP contribution in [0.2, 0.25) is 0 Å². The highest BCUT2D eigenvalue weighted by molar-refractivity contribution is 5.97. The highest BCUT2D eigenvalue weighted by Crippen LogP contribution is 2.32. The molecule has 0 radical (unpaired) electrons. The summed E-state index contributed by atoms with van der Waals surface area (Å²) in [4.78, 5) is 10.9. The summed E-state index contributed by atoms with van der Waals surface area (Å²) in [7, 11) is 0. The summed E-state index contributed by atoms with van der Waals surface area (Å²) in [6.07, 6.45) is 4.63. The van der Waals surface area contributed by atoms with E-state index in [2.05, 4.69) is 15.0 Å². The Bertz CT molecular complexity index is 698. The fraction of sp³-hybridized carbons (Fsp3) is 0.353. The number of imidazole rings is 1. The van der Waals surface area contributed by atoms with Crippen molar-refractivity contribution in [2.75, 3.05) is 6.61 Å². The largest absolute Gasteiger partial charge is 0.390 e. The molecule has 0 amide bonds. The minimum absolute atomic E-state index is 0.00416. The van der Waals surface area contributed by atoms with E-state index in [1.807, 2.05) is 30.3 Å². The number of H-pyrrole nitrogens is 1. The van der Waals surface area contributed by atoms with Crippen molar-refractivity contribution in [3.05, 3.63) is 53.6 Å². The molecule has 0 unspecified atom stereocenters. The van der Waals surface area contributed by atoms with Gasteiger partial charge in [0.25, 0.3) is 0 Å². The molecule has 24 heavy (non-hydrogen) atoms. The van der Waals surface area contributed by atoms with E-state index in [0.29, 0.717) is 19.0 Å². The maximum atomic E-state index is 7.69. The summed E-state index contributed by atoms with van der Waals surface area (Å²) >= 11 is 0. The summed E-state index contributed by atoms with van der Waals surface area (Å²) in [5, 5.41) is 7.69. The van der Waals surface area contributed by atoms with Crippen LogP contribution < -0.4 is 5.73 Å². The first kappa shape index (κ1) is 16.4. The van der Waals surface area contributed by atoms with E-state index in [-0.39, 0.29) is 18.0 Å². The zero-order valence-electron chi connectivity index (χ0n) is 13.3. The highest BCUT2D eigenvalue weighted by atomic mass is 16.5. The first-order valence-corrected chi connectivity index (χ1v) is 7.91. The second-order valence-corrected chi connectivity index (χ2v) is 5.64. The van der Waals surface area contributed by atoms with Gasteiger partial charge in [-0.15, -0.1) is 0 Å². The van der Waals surface area contributed by atoms with Crippen LogP contribution in [-0.2, 0) is 16.1 Å². The van der Waals surface area contributed by atoms with Crippen molar-refractivity contribution in [3.63, 3.8) is 0 Å². The summed E-state index contributed by atoms with van der Waals surface area (Å²) < 4.78 is 11.8. The number of ether oxygens (including phenoxy) is 2. The molecule has 7 heteroatoms. The van der Waals surface area contributed by atoms with Crippen LogP contribution >= 0.6 is 0 Å². The SMILES string of the molecule is N=C(N=CN)c1ncc([C@H]2CC[C@@H](COCc3ccccc3)O2)[nH]1. The molecule has 0 saturated carbocycles. The van der Waals surface area contributed by atoms with E-state index in [1.54, 1.807) is 6.20 Å². The number of amidine groups is 1. The zero-order chi connectivity index (χ0) is 16.8. The van der Waals surface area contributed by atoms with E-state index in [0.717, 1.165) is 30.4 Å². The molecule has 1 aliphatic rings. The van der Waals surface area contributed by atoms with Crippen LogP contribution in [-0.4, -0.2) is 34.9 Å². The molecule has 0 spiro atoms. The Balaban J connectivity index is 1.48. The lowest BCUT2D eigenvalue weighted by Crippen LogP contribution is -2.15. The molecule has 2 heterocycles. The second kappa shape index (κ2) is 7.85. The van der Waals surface area contributed by atoms with Crippen LogP contribution in [0.5, 0.6) is 0 Å². The van der Waals surface area contributed by atoms with Gasteiger partial charge in [-0.25, -0.2) is 9.98 Å². The number of nitrogens with zero attached hydrogens (tertiary/aromatic N) is 2. The second-order valence-electron chi connectivity index (χ2n) is 5.64. The number of hydrogen-bond donors (Lipinski definition) is 3.